The average molecular weight is 165 g/mol. The Hall–Kier alpha value is 1.76. The quantitative estimate of drug-likeness (QED) is 0.340. The van der Waals surface area contributed by atoms with Crippen molar-refractivity contribution in [3.8, 4) is 0 Å². The molecule has 0 saturated carbocycles. The molecule has 0 bridgehead atoms. The van der Waals surface area contributed by atoms with Gasteiger partial charge in [-0.15, -0.1) is 0 Å². The largest absolute Gasteiger partial charge is 0.316 e. The SMILES string of the molecule is O.O.O=[Si]=O.[CaH2].[MgH2]. The molecule has 0 spiro atoms. The molecule has 0 unspecified atom stereocenters. The summed E-state index contributed by atoms with van der Waals surface area (Å²) >= 11 is 0. The second kappa shape index (κ2) is 46.5. The summed E-state index contributed by atoms with van der Waals surface area (Å²) in [5, 5.41) is 0. The Morgan fingerprint density at radius 1 is 1.00 bits per heavy atom. The molecule has 0 aliphatic rings. The molecule has 0 amide bonds. The third-order valence-electron chi connectivity index (χ3n) is 0. The molecule has 0 saturated heterocycles. The van der Waals surface area contributed by atoms with Crippen molar-refractivity contribution in [2.45, 2.75) is 0 Å². The minimum atomic E-state index is -1.42. The Morgan fingerprint density at radius 3 is 1.00 bits per heavy atom. The molecule has 40 valence electrons. The maximum Gasteiger partial charge on any atom is 0.316 e. The van der Waals surface area contributed by atoms with Gasteiger partial charge in [0, 0.05) is 0 Å². The van der Waals surface area contributed by atoms with Crippen LogP contribution in [0.4, 0.5) is 0 Å². The van der Waals surface area contributed by atoms with Crippen molar-refractivity contribution >= 4 is 70.1 Å². The third-order valence-corrected chi connectivity index (χ3v) is 0. The van der Waals surface area contributed by atoms with Crippen LogP contribution in [0.1, 0.15) is 0 Å². The van der Waals surface area contributed by atoms with Gasteiger partial charge in [-0.05, 0) is 0 Å². The van der Waals surface area contributed by atoms with Crippen LogP contribution in [-0.4, -0.2) is 81.0 Å². The standard InChI is InChI=1S/Ca.Mg.O2Si.2H2O.4H/c;;1-3-2;;;;;;/h;;;2*1H2;;;;. The van der Waals surface area contributed by atoms with Gasteiger partial charge in [-0.1, -0.05) is 0 Å². The van der Waals surface area contributed by atoms with Crippen molar-refractivity contribution in [2.75, 3.05) is 0 Å². The molecule has 0 aromatic heterocycles. The summed E-state index contributed by atoms with van der Waals surface area (Å²) in [5.41, 5.74) is 0. The van der Waals surface area contributed by atoms with Gasteiger partial charge in [-0.3, -0.25) is 8.92 Å². The van der Waals surface area contributed by atoms with Crippen LogP contribution in [0.25, 0.3) is 0 Å². The van der Waals surface area contributed by atoms with E-state index >= 15 is 0 Å². The summed E-state index contributed by atoms with van der Waals surface area (Å²) in [5.74, 6) is 0. The van der Waals surface area contributed by atoms with E-state index in [0.29, 0.717) is 0 Å². The van der Waals surface area contributed by atoms with Gasteiger partial charge in [0.2, 0.25) is 0 Å². The van der Waals surface area contributed by atoms with Crippen LogP contribution in [0.5, 0.6) is 0 Å². The van der Waals surface area contributed by atoms with E-state index in [1.54, 1.807) is 0 Å². The molecule has 7 heavy (non-hydrogen) atoms. The summed E-state index contributed by atoms with van der Waals surface area (Å²) < 4.78 is 16.8. The van der Waals surface area contributed by atoms with Gasteiger partial charge in [0.15, 0.2) is 0 Å². The molecule has 0 aliphatic carbocycles. The van der Waals surface area contributed by atoms with Crippen LogP contribution in [-0.2, 0) is 8.92 Å². The zero-order valence-electron chi connectivity index (χ0n) is 2.32. The van der Waals surface area contributed by atoms with Crippen molar-refractivity contribution in [1.82, 2.24) is 0 Å². The molecule has 4 N–H and O–H groups in total. The first-order valence-corrected chi connectivity index (χ1v) is 1.22. The fourth-order valence-electron chi connectivity index (χ4n) is 0. The van der Waals surface area contributed by atoms with Crippen LogP contribution in [0.15, 0.2) is 0 Å². The van der Waals surface area contributed by atoms with E-state index in [4.69, 9.17) is 8.92 Å². The summed E-state index contributed by atoms with van der Waals surface area (Å²) in [7, 11) is -1.42. The number of hydrogen-bond acceptors (Lipinski definition) is 2. The van der Waals surface area contributed by atoms with Crippen molar-refractivity contribution in [3.05, 3.63) is 0 Å². The van der Waals surface area contributed by atoms with Crippen molar-refractivity contribution in [1.29, 1.82) is 0 Å². The normalized spacial score (nSPS) is 1.14. The van der Waals surface area contributed by atoms with Crippen molar-refractivity contribution in [3.63, 3.8) is 0 Å². The topological polar surface area (TPSA) is 97.1 Å². The molecule has 0 aromatic carbocycles. The summed E-state index contributed by atoms with van der Waals surface area (Å²) in [6.07, 6.45) is 0. The van der Waals surface area contributed by atoms with Crippen molar-refractivity contribution < 1.29 is 19.9 Å². The van der Waals surface area contributed by atoms with Crippen LogP contribution in [0.2, 0.25) is 0 Å². The molecule has 0 radical (unpaired) electrons. The molecule has 0 atom stereocenters. The van der Waals surface area contributed by atoms with Crippen LogP contribution in [0, 0.1) is 0 Å². The van der Waals surface area contributed by atoms with E-state index in [-0.39, 0.29) is 71.7 Å². The van der Waals surface area contributed by atoms with E-state index < -0.39 is 9.29 Å². The molecule has 0 aliphatic heterocycles. The summed E-state index contributed by atoms with van der Waals surface area (Å²) in [4.78, 5) is 0. The first kappa shape index (κ1) is 37.3. The molecule has 4 nitrogen and oxygen atoms in total. The number of hydrogen-bond donors (Lipinski definition) is 0. The smallest absolute Gasteiger partial charge is 0.316 e. The van der Waals surface area contributed by atoms with E-state index in [9.17, 15) is 0 Å². The Labute approximate surface area is 88.7 Å². The Bertz CT molecular complexity index is 32.7. The van der Waals surface area contributed by atoms with Crippen LogP contribution >= 0.6 is 0 Å². The zero-order valence-corrected chi connectivity index (χ0v) is 3.32. The van der Waals surface area contributed by atoms with Gasteiger partial charge >= 0.3 is 70.1 Å². The summed E-state index contributed by atoms with van der Waals surface area (Å²) in [6, 6.07) is 0. The minimum Gasteiger partial charge on any atom is 0.316 e. The van der Waals surface area contributed by atoms with Gasteiger partial charge in [0.25, 0.3) is 0 Å². The predicted molar refractivity (Wildman–Crippen MR) is 31.4 cm³/mol. The molecule has 0 fully saturated rings. The van der Waals surface area contributed by atoms with Gasteiger partial charge in [0.05, 0.1) is 0 Å². The molecule has 0 heterocycles. The fraction of sp³-hybridized carbons (Fsp3) is 0. The molecule has 0 rings (SSSR count). The molecule has 7 heteroatoms. The van der Waals surface area contributed by atoms with Crippen LogP contribution in [0.3, 0.4) is 0 Å². The molecule has 0 aromatic rings. The van der Waals surface area contributed by atoms with E-state index in [2.05, 4.69) is 0 Å². The number of rotatable bonds is 0. The van der Waals surface area contributed by atoms with Crippen LogP contribution < -0.4 is 0 Å². The predicted octanol–water partition coefficient (Wildman–Crippen LogP) is -4.10. The maximum atomic E-state index is 8.40. The minimum absolute atomic E-state index is 0. The molecular weight excluding hydrogens is 156 g/mol. The Kier molecular flexibility index (Phi) is 248. The second-order valence-electron chi connectivity index (χ2n) is 0.0833. The first-order chi connectivity index (χ1) is 1.41. The average Bonchev–Trinajstić information content (AvgIpc) is 0.918. The van der Waals surface area contributed by atoms with E-state index in [1.165, 1.54) is 0 Å². The summed E-state index contributed by atoms with van der Waals surface area (Å²) in [6.45, 7) is 0. The van der Waals surface area contributed by atoms with Crippen molar-refractivity contribution in [2.24, 2.45) is 0 Å². The first-order valence-electron chi connectivity index (χ1n) is 0.408. The van der Waals surface area contributed by atoms with E-state index in [0.717, 1.165) is 0 Å². The van der Waals surface area contributed by atoms with E-state index in [1.807, 2.05) is 0 Å². The molecular formula is H8CaMgO4Si. The van der Waals surface area contributed by atoms with Gasteiger partial charge in [-0.2, -0.15) is 0 Å². The third kappa shape index (κ3) is 83.0. The van der Waals surface area contributed by atoms with Gasteiger partial charge in [-0.25, -0.2) is 0 Å². The van der Waals surface area contributed by atoms with Gasteiger partial charge in [0.1, 0.15) is 0 Å². The zero-order chi connectivity index (χ0) is 2.71. The Morgan fingerprint density at radius 2 is 1.00 bits per heavy atom. The second-order valence-corrected chi connectivity index (χ2v) is 0.250. The monoisotopic (exact) mass is 164 g/mol. The Balaban J connectivity index is -0.00000000333. The fourth-order valence-corrected chi connectivity index (χ4v) is 0. The van der Waals surface area contributed by atoms with Gasteiger partial charge < -0.3 is 11.0 Å². The maximum absolute atomic E-state index is 8.40.